The van der Waals surface area contributed by atoms with Gasteiger partial charge in [-0.05, 0) is 18.2 Å². The number of nitrogens with zero attached hydrogens (tertiary/aromatic N) is 5. The van der Waals surface area contributed by atoms with Crippen LogP contribution < -0.4 is 0 Å². The van der Waals surface area contributed by atoms with Gasteiger partial charge in [0.05, 0.1) is 13.6 Å². The smallest absolute Gasteiger partial charge is 0.188 e. The van der Waals surface area contributed by atoms with Crippen LogP contribution in [-0.2, 0) is 13.6 Å². The highest BCUT2D eigenvalue weighted by Crippen LogP contribution is 2.01. The van der Waals surface area contributed by atoms with Gasteiger partial charge in [-0.25, -0.2) is 0 Å². The van der Waals surface area contributed by atoms with Crippen LogP contribution in [0.1, 0.15) is 25.6 Å². The standard InChI is InChI=1S/C9H18BrN5/c1-3-4-6-15(7-5-10)8-9-11-13-14(2)12-9/h3-8H2,1-2H3. The van der Waals surface area contributed by atoms with Crippen LogP contribution in [-0.4, -0.2) is 43.5 Å². The highest BCUT2D eigenvalue weighted by Gasteiger charge is 2.08. The van der Waals surface area contributed by atoms with Gasteiger partial charge in [-0.1, -0.05) is 29.3 Å². The zero-order valence-electron chi connectivity index (χ0n) is 9.36. The van der Waals surface area contributed by atoms with Gasteiger partial charge in [-0.2, -0.15) is 4.80 Å². The lowest BCUT2D eigenvalue weighted by Crippen LogP contribution is -2.27. The third-order valence-electron chi connectivity index (χ3n) is 2.14. The number of aromatic nitrogens is 4. The van der Waals surface area contributed by atoms with Crippen LogP contribution in [0, 0.1) is 0 Å². The number of unbranched alkanes of at least 4 members (excludes halogenated alkanes) is 1. The molecule has 0 saturated heterocycles. The van der Waals surface area contributed by atoms with Gasteiger partial charge in [0.2, 0.25) is 0 Å². The first-order valence-corrected chi connectivity index (χ1v) is 6.39. The van der Waals surface area contributed by atoms with Crippen LogP contribution in [0.15, 0.2) is 0 Å². The molecule has 0 aliphatic carbocycles. The number of alkyl halides is 1. The summed E-state index contributed by atoms with van der Waals surface area (Å²) in [5.41, 5.74) is 0. The summed E-state index contributed by atoms with van der Waals surface area (Å²) in [4.78, 5) is 3.84. The molecule has 0 N–H and O–H groups in total. The topological polar surface area (TPSA) is 46.8 Å². The molecule has 6 heteroatoms. The van der Waals surface area contributed by atoms with Crippen molar-refractivity contribution in [1.82, 2.24) is 25.1 Å². The number of rotatable bonds is 7. The van der Waals surface area contributed by atoms with Crippen molar-refractivity contribution in [3.63, 3.8) is 0 Å². The van der Waals surface area contributed by atoms with Crippen molar-refractivity contribution in [2.75, 3.05) is 18.4 Å². The Kier molecular flexibility index (Phi) is 5.78. The predicted molar refractivity (Wildman–Crippen MR) is 62.8 cm³/mol. The highest BCUT2D eigenvalue weighted by molar-refractivity contribution is 9.09. The normalized spacial score (nSPS) is 11.2. The number of hydrogen-bond acceptors (Lipinski definition) is 4. The summed E-state index contributed by atoms with van der Waals surface area (Å²) in [5, 5.41) is 13.0. The van der Waals surface area contributed by atoms with Gasteiger partial charge >= 0.3 is 0 Å². The maximum absolute atomic E-state index is 4.18. The Hall–Kier alpha value is -0.490. The highest BCUT2D eigenvalue weighted by atomic mass is 79.9. The minimum Gasteiger partial charge on any atom is -0.295 e. The van der Waals surface area contributed by atoms with Crippen LogP contribution in [0.2, 0.25) is 0 Å². The number of aryl methyl sites for hydroxylation is 1. The quantitative estimate of drug-likeness (QED) is 0.702. The molecule has 0 aliphatic heterocycles. The van der Waals surface area contributed by atoms with E-state index in [0.29, 0.717) is 0 Å². The molecule has 0 fully saturated rings. The molecule has 0 spiro atoms. The van der Waals surface area contributed by atoms with Crippen molar-refractivity contribution in [2.24, 2.45) is 7.05 Å². The molecule has 0 radical (unpaired) electrons. The van der Waals surface area contributed by atoms with Crippen molar-refractivity contribution in [3.8, 4) is 0 Å². The molecule has 1 heterocycles. The summed E-state index contributed by atoms with van der Waals surface area (Å²) in [6, 6.07) is 0. The predicted octanol–water partition coefficient (Wildman–Crippen LogP) is 1.21. The fraction of sp³-hybridized carbons (Fsp3) is 0.889. The SMILES string of the molecule is CCCCN(CCBr)Cc1nnn(C)n1. The van der Waals surface area contributed by atoms with E-state index in [1.807, 2.05) is 0 Å². The average Bonchev–Trinajstić information content (AvgIpc) is 2.61. The van der Waals surface area contributed by atoms with E-state index >= 15 is 0 Å². The Labute approximate surface area is 99.0 Å². The van der Waals surface area contributed by atoms with Crippen molar-refractivity contribution in [1.29, 1.82) is 0 Å². The second-order valence-corrected chi connectivity index (χ2v) is 4.31. The largest absolute Gasteiger partial charge is 0.295 e. The Balaban J connectivity index is 2.42. The van der Waals surface area contributed by atoms with Crippen LogP contribution in [0.25, 0.3) is 0 Å². The number of hydrogen-bond donors (Lipinski definition) is 0. The first-order chi connectivity index (χ1) is 7.26. The first kappa shape index (κ1) is 12.6. The van der Waals surface area contributed by atoms with E-state index in [4.69, 9.17) is 0 Å². The molecule has 5 nitrogen and oxygen atoms in total. The second-order valence-electron chi connectivity index (χ2n) is 3.51. The van der Waals surface area contributed by atoms with Gasteiger partial charge in [-0.3, -0.25) is 4.90 Å². The maximum atomic E-state index is 4.18. The van der Waals surface area contributed by atoms with E-state index in [2.05, 4.69) is 43.2 Å². The lowest BCUT2D eigenvalue weighted by molar-refractivity contribution is 0.271. The maximum Gasteiger partial charge on any atom is 0.188 e. The zero-order chi connectivity index (χ0) is 11.1. The Morgan fingerprint density at radius 1 is 1.40 bits per heavy atom. The Morgan fingerprint density at radius 2 is 2.20 bits per heavy atom. The van der Waals surface area contributed by atoms with Gasteiger partial charge in [-0.15, -0.1) is 10.2 Å². The lowest BCUT2D eigenvalue weighted by Gasteiger charge is -2.18. The molecule has 15 heavy (non-hydrogen) atoms. The summed E-state index contributed by atoms with van der Waals surface area (Å²) in [7, 11) is 1.79. The van der Waals surface area contributed by atoms with Crippen LogP contribution in [0.4, 0.5) is 0 Å². The monoisotopic (exact) mass is 275 g/mol. The third kappa shape index (κ3) is 4.70. The molecule has 0 aliphatic rings. The molecule has 0 unspecified atom stereocenters. The molecule has 0 bridgehead atoms. The van der Waals surface area contributed by atoms with Gasteiger partial charge in [0.25, 0.3) is 0 Å². The molecule has 1 aromatic heterocycles. The summed E-state index contributed by atoms with van der Waals surface area (Å²) >= 11 is 3.46. The first-order valence-electron chi connectivity index (χ1n) is 5.27. The molecule has 0 atom stereocenters. The Bertz CT molecular complexity index is 275. The molecular weight excluding hydrogens is 258 g/mol. The van der Waals surface area contributed by atoms with E-state index in [1.165, 1.54) is 17.6 Å². The molecule has 1 aromatic rings. The van der Waals surface area contributed by atoms with Crippen molar-refractivity contribution in [2.45, 2.75) is 26.3 Å². The minimum atomic E-state index is 0.791. The van der Waals surface area contributed by atoms with Crippen LogP contribution in [0.5, 0.6) is 0 Å². The summed E-state index contributed by atoms with van der Waals surface area (Å²) in [5.74, 6) is 0.801. The van der Waals surface area contributed by atoms with E-state index in [-0.39, 0.29) is 0 Å². The van der Waals surface area contributed by atoms with Crippen molar-refractivity contribution < 1.29 is 0 Å². The number of tetrazole rings is 1. The van der Waals surface area contributed by atoms with E-state index in [9.17, 15) is 0 Å². The molecule has 0 amide bonds. The van der Waals surface area contributed by atoms with Crippen molar-refractivity contribution >= 4 is 15.9 Å². The fourth-order valence-corrected chi connectivity index (χ4v) is 1.86. The van der Waals surface area contributed by atoms with Gasteiger partial charge < -0.3 is 0 Å². The Morgan fingerprint density at radius 3 is 2.73 bits per heavy atom. The summed E-state index contributed by atoms with van der Waals surface area (Å²) < 4.78 is 0. The molecule has 0 saturated carbocycles. The van der Waals surface area contributed by atoms with Crippen LogP contribution in [0.3, 0.4) is 0 Å². The summed E-state index contributed by atoms with van der Waals surface area (Å²) in [6.45, 7) is 5.12. The number of halogens is 1. The fourth-order valence-electron chi connectivity index (χ4n) is 1.36. The van der Waals surface area contributed by atoms with E-state index in [0.717, 1.165) is 30.8 Å². The van der Waals surface area contributed by atoms with Crippen LogP contribution >= 0.6 is 15.9 Å². The average molecular weight is 276 g/mol. The molecule has 1 rings (SSSR count). The zero-order valence-corrected chi connectivity index (χ0v) is 10.9. The van der Waals surface area contributed by atoms with Gasteiger partial charge in [0, 0.05) is 11.9 Å². The van der Waals surface area contributed by atoms with Crippen molar-refractivity contribution in [3.05, 3.63) is 5.82 Å². The van der Waals surface area contributed by atoms with E-state index in [1.54, 1.807) is 7.05 Å². The molecular formula is C9H18BrN5. The molecule has 0 aromatic carbocycles. The van der Waals surface area contributed by atoms with Gasteiger partial charge in [0.15, 0.2) is 5.82 Å². The summed E-state index contributed by atoms with van der Waals surface area (Å²) in [6.07, 6.45) is 2.43. The minimum absolute atomic E-state index is 0.791. The van der Waals surface area contributed by atoms with E-state index < -0.39 is 0 Å². The molecule has 86 valence electrons. The third-order valence-corrected chi connectivity index (χ3v) is 2.50. The lowest BCUT2D eigenvalue weighted by atomic mass is 10.3. The second kappa shape index (κ2) is 6.90. The van der Waals surface area contributed by atoms with Gasteiger partial charge in [0.1, 0.15) is 0 Å².